The van der Waals surface area contributed by atoms with Gasteiger partial charge in [0.05, 0.1) is 43.3 Å². The van der Waals surface area contributed by atoms with Crippen LogP contribution in [0, 0.1) is 22.7 Å². The van der Waals surface area contributed by atoms with Gasteiger partial charge in [-0.3, -0.25) is 9.48 Å². The van der Waals surface area contributed by atoms with Crippen LogP contribution in [-0.4, -0.2) is 102 Å². The number of fused-ring (bicyclic) bond motifs is 1. The summed E-state index contributed by atoms with van der Waals surface area (Å²) in [6.45, 7) is 17.6. The molecule has 3 aromatic heterocycles. The number of aromatic nitrogens is 5. The molecule has 0 aliphatic carbocycles. The molecule has 0 radical (unpaired) electrons. The lowest BCUT2D eigenvalue weighted by atomic mass is 9.49. The molecule has 2 unspecified atom stereocenters. The molecule has 1 aliphatic heterocycles. The largest absolute Gasteiger partial charge is 0.491 e. The maximum atomic E-state index is 13.5. The highest BCUT2D eigenvalue weighted by molar-refractivity contribution is 7.89. The third-order valence-electron chi connectivity index (χ3n) is 12.2. The van der Waals surface area contributed by atoms with Gasteiger partial charge in [0.15, 0.2) is 5.65 Å². The summed E-state index contributed by atoms with van der Waals surface area (Å²) < 4.78 is 46.6. The zero-order chi connectivity index (χ0) is 41.8. The lowest BCUT2D eigenvalue weighted by Crippen LogP contribution is -2.64. The Hall–Kier alpha value is -4.79. The van der Waals surface area contributed by atoms with Crippen molar-refractivity contribution in [3.8, 4) is 23.1 Å². The molecule has 17 heteroatoms. The summed E-state index contributed by atoms with van der Waals surface area (Å²) in [5.41, 5.74) is 0.291. The molecule has 4 heterocycles. The number of sulfonamides is 1. The third-order valence-corrected chi connectivity index (χ3v) is 13.9. The van der Waals surface area contributed by atoms with Gasteiger partial charge in [0, 0.05) is 48.9 Å². The van der Waals surface area contributed by atoms with Gasteiger partial charge in [-0.25, -0.2) is 27.7 Å². The van der Waals surface area contributed by atoms with E-state index in [9.17, 15) is 23.3 Å². The number of hydrogen-bond acceptors (Lipinski definition) is 11. The van der Waals surface area contributed by atoms with Crippen LogP contribution in [0.4, 0.5) is 4.79 Å². The molecule has 57 heavy (non-hydrogen) atoms. The van der Waals surface area contributed by atoms with Crippen LogP contribution in [0.25, 0.3) is 22.3 Å². The fraction of sp³-hybridized carbons (Fsp3) is 0.550. The quantitative estimate of drug-likeness (QED) is 0.107. The molecule has 1 amide bonds. The van der Waals surface area contributed by atoms with Crippen molar-refractivity contribution in [2.24, 2.45) is 11.3 Å². The molecule has 1 aliphatic rings. The molecule has 1 fully saturated rings. The average molecular weight is 803 g/mol. The SMILES string of the molecule is BC(C)(CC)C(C)(C)C(C)C(=O)NCCOCCOc1ccc(C(C)(C)OC(=O)n2ccc3c(-c4cnn(C5(CC#N)CN(S(=O)(=O)CC)C5)c4)ncnc32)cc1. The molecule has 2 atom stereocenters. The van der Waals surface area contributed by atoms with Gasteiger partial charge in [0.2, 0.25) is 15.9 Å². The minimum atomic E-state index is -3.39. The van der Waals surface area contributed by atoms with Crippen LogP contribution >= 0.6 is 0 Å². The molecule has 0 saturated carbocycles. The predicted octanol–water partition coefficient (Wildman–Crippen LogP) is 4.88. The van der Waals surface area contributed by atoms with Crippen molar-refractivity contribution in [2.75, 3.05) is 45.2 Å². The third kappa shape index (κ3) is 9.03. The zero-order valence-electron chi connectivity index (χ0n) is 34.5. The molecule has 4 aromatic rings. The first-order chi connectivity index (χ1) is 26.8. The lowest BCUT2D eigenvalue weighted by Gasteiger charge is -2.47. The zero-order valence-corrected chi connectivity index (χ0v) is 35.4. The standard InChI is InChI=1S/C40H55BN8O7S/c1-9-39(8,41)37(4,5)28(3)35(50)43-18-20-54-21-22-55-31-13-11-30(12-14-31)38(6,7)56-36(51)48-19-15-32-33(44-27-45-34(32)48)29-23-46-49(24-29)40(16-17-42)25-47(26-40)57(52,53)10-2/h11-15,19,23-24,27-28H,9-10,16,18,20-22,25-26,41H2,1-8H3,(H,43,50). The van der Waals surface area contributed by atoms with Gasteiger partial charge >= 0.3 is 6.09 Å². The van der Waals surface area contributed by atoms with Crippen molar-refractivity contribution >= 4 is 40.9 Å². The monoisotopic (exact) mass is 802 g/mol. The minimum Gasteiger partial charge on any atom is -0.491 e. The molecule has 5 rings (SSSR count). The van der Waals surface area contributed by atoms with Gasteiger partial charge in [-0.05, 0) is 49.9 Å². The second kappa shape index (κ2) is 17.0. The predicted molar refractivity (Wildman–Crippen MR) is 219 cm³/mol. The highest BCUT2D eigenvalue weighted by Crippen LogP contribution is 2.50. The van der Waals surface area contributed by atoms with E-state index in [0.29, 0.717) is 54.4 Å². The highest BCUT2D eigenvalue weighted by Gasteiger charge is 2.50. The van der Waals surface area contributed by atoms with Gasteiger partial charge in [-0.15, -0.1) is 0 Å². The molecule has 306 valence electrons. The van der Waals surface area contributed by atoms with Crippen molar-refractivity contribution in [3.63, 3.8) is 0 Å². The Kier molecular flexibility index (Phi) is 12.9. The van der Waals surface area contributed by atoms with Crippen molar-refractivity contribution in [1.82, 2.24) is 33.9 Å². The van der Waals surface area contributed by atoms with Gasteiger partial charge in [-0.1, -0.05) is 58.5 Å². The van der Waals surface area contributed by atoms with E-state index >= 15 is 0 Å². The maximum Gasteiger partial charge on any atom is 0.420 e. The van der Waals surface area contributed by atoms with Crippen LogP contribution in [0.5, 0.6) is 5.75 Å². The number of rotatable bonds is 18. The summed E-state index contributed by atoms with van der Waals surface area (Å²) in [6, 6.07) is 11.2. The van der Waals surface area contributed by atoms with E-state index in [1.807, 2.05) is 19.1 Å². The van der Waals surface area contributed by atoms with Crippen molar-refractivity contribution in [2.45, 2.75) is 84.7 Å². The normalized spacial score (nSPS) is 16.3. The number of amides is 1. The van der Waals surface area contributed by atoms with E-state index in [1.165, 1.54) is 15.2 Å². The van der Waals surface area contributed by atoms with E-state index in [-0.39, 0.29) is 47.8 Å². The molecule has 0 spiro atoms. The average Bonchev–Trinajstić information content (AvgIpc) is 3.84. The molecule has 1 aromatic carbocycles. The van der Waals surface area contributed by atoms with Crippen LogP contribution in [0.3, 0.4) is 0 Å². The molecule has 1 N–H and O–H groups in total. The number of carbonyl (C=O) groups is 2. The van der Waals surface area contributed by atoms with Crippen LogP contribution in [0.2, 0.25) is 5.31 Å². The maximum absolute atomic E-state index is 13.5. The Bertz CT molecular complexity index is 2200. The molecular formula is C40H55BN8O7S. The van der Waals surface area contributed by atoms with Crippen molar-refractivity contribution < 1.29 is 32.2 Å². The Morgan fingerprint density at radius 3 is 2.40 bits per heavy atom. The first-order valence-corrected chi connectivity index (χ1v) is 21.0. The smallest absolute Gasteiger partial charge is 0.420 e. The van der Waals surface area contributed by atoms with Gasteiger partial charge in [-0.2, -0.15) is 14.7 Å². The number of nitrogens with one attached hydrogen (secondary N) is 1. The lowest BCUT2D eigenvalue weighted by molar-refractivity contribution is -0.129. The first-order valence-electron chi connectivity index (χ1n) is 19.4. The van der Waals surface area contributed by atoms with Gasteiger partial charge in [0.25, 0.3) is 0 Å². The Balaban J connectivity index is 1.13. The summed E-state index contributed by atoms with van der Waals surface area (Å²) in [5.74, 6) is 0.506. The number of carbonyl (C=O) groups excluding carboxylic acids is 2. The van der Waals surface area contributed by atoms with Crippen molar-refractivity contribution in [3.05, 3.63) is 60.8 Å². The number of hydrogen-bond donors (Lipinski definition) is 1. The van der Waals surface area contributed by atoms with Crippen LogP contribution in [-0.2, 0) is 35.4 Å². The highest BCUT2D eigenvalue weighted by atomic mass is 32.2. The summed E-state index contributed by atoms with van der Waals surface area (Å²) in [5, 5.41) is 17.6. The van der Waals surface area contributed by atoms with E-state index in [1.54, 1.807) is 62.2 Å². The van der Waals surface area contributed by atoms with Crippen LogP contribution < -0.4 is 10.1 Å². The summed E-state index contributed by atoms with van der Waals surface area (Å²) in [4.78, 5) is 35.2. The Labute approximate surface area is 336 Å². The van der Waals surface area contributed by atoms with Crippen molar-refractivity contribution in [1.29, 1.82) is 5.26 Å². The molecule has 0 bridgehead atoms. The van der Waals surface area contributed by atoms with Gasteiger partial charge < -0.3 is 19.5 Å². The summed E-state index contributed by atoms with van der Waals surface area (Å²) in [7, 11) is -1.19. The molecule has 1 saturated heterocycles. The van der Waals surface area contributed by atoms with Crippen LogP contribution in [0.1, 0.15) is 73.8 Å². The first kappa shape index (κ1) is 43.3. The van der Waals surface area contributed by atoms with E-state index < -0.39 is 27.3 Å². The number of nitriles is 1. The molecular weight excluding hydrogens is 747 g/mol. The Morgan fingerprint density at radius 2 is 1.75 bits per heavy atom. The minimum absolute atomic E-state index is 0.0182. The number of nitrogens with zero attached hydrogens (tertiary/aromatic N) is 7. The Morgan fingerprint density at radius 1 is 1.05 bits per heavy atom. The fourth-order valence-electron chi connectivity index (χ4n) is 6.88. The summed E-state index contributed by atoms with van der Waals surface area (Å²) in [6.07, 6.45) is 6.72. The van der Waals surface area contributed by atoms with Gasteiger partial charge in [0.1, 0.15) is 37.7 Å². The number of ether oxygens (including phenoxy) is 3. The fourth-order valence-corrected chi connectivity index (χ4v) is 8.12. The number of benzene rings is 1. The van der Waals surface area contributed by atoms with E-state index in [4.69, 9.17) is 14.2 Å². The second-order valence-electron chi connectivity index (χ2n) is 16.4. The topological polar surface area (TPSA) is 184 Å². The summed E-state index contributed by atoms with van der Waals surface area (Å²) >= 11 is 0. The van der Waals surface area contributed by atoms with E-state index in [2.05, 4.69) is 62.0 Å². The molecule has 15 nitrogen and oxygen atoms in total. The van der Waals surface area contributed by atoms with Crippen LogP contribution in [0.15, 0.2) is 55.2 Å². The van der Waals surface area contributed by atoms with E-state index in [0.717, 1.165) is 12.0 Å². The second-order valence-corrected chi connectivity index (χ2v) is 18.6.